The second kappa shape index (κ2) is 5.04. The monoisotopic (exact) mass is 329 g/mol. The normalized spacial score (nSPS) is 11.1. The van der Waals surface area contributed by atoms with Crippen LogP contribution in [0.1, 0.15) is 11.1 Å². The van der Waals surface area contributed by atoms with Gasteiger partial charge in [-0.1, -0.05) is 0 Å². The van der Waals surface area contributed by atoms with Crippen molar-refractivity contribution in [2.24, 2.45) is 0 Å². The minimum atomic E-state index is -4.56. The molecule has 1 aromatic heterocycles. The molecule has 2 aromatic rings. The molecule has 0 bridgehead atoms. The van der Waals surface area contributed by atoms with Crippen molar-refractivity contribution in [3.63, 3.8) is 0 Å². The van der Waals surface area contributed by atoms with Crippen LogP contribution in [-0.4, -0.2) is 20.6 Å². The summed E-state index contributed by atoms with van der Waals surface area (Å²) in [4.78, 5) is 2.81. The Kier molecular flexibility index (Phi) is 3.61. The molecule has 0 atom stereocenters. The van der Waals surface area contributed by atoms with Crippen LogP contribution in [-0.2, 0) is 6.18 Å². The van der Waals surface area contributed by atoms with Crippen LogP contribution in [0.5, 0.6) is 0 Å². The fraction of sp³-hybridized carbons (Fsp3) is 0.0769. The molecule has 0 unspecified atom stereocenters. The third-order valence-electron chi connectivity index (χ3n) is 2.55. The van der Waals surface area contributed by atoms with Gasteiger partial charge in [0.2, 0.25) is 0 Å². The summed E-state index contributed by atoms with van der Waals surface area (Å²) in [6, 6.07) is 11.2. The van der Waals surface area contributed by atoms with Gasteiger partial charge in [-0.05, 0) is 0 Å². The first-order chi connectivity index (χ1) is 8.93. The molecule has 0 saturated heterocycles. The Hall–Kier alpha value is -1.83. The van der Waals surface area contributed by atoms with Crippen molar-refractivity contribution in [1.82, 2.24) is 4.98 Å². The summed E-state index contributed by atoms with van der Waals surface area (Å²) >= 11 is 1.96. The molecule has 0 aliphatic heterocycles. The number of benzene rings is 1. The first-order valence-corrected chi connectivity index (χ1v) is 6.19. The van der Waals surface area contributed by atoms with Crippen LogP contribution in [0.4, 0.5) is 13.2 Å². The van der Waals surface area contributed by atoms with Crippen LogP contribution in [0, 0.1) is 15.5 Å². The van der Waals surface area contributed by atoms with Gasteiger partial charge in [0.15, 0.2) is 0 Å². The summed E-state index contributed by atoms with van der Waals surface area (Å²) in [5.41, 5.74) is -0.372. The Labute approximate surface area is 114 Å². The van der Waals surface area contributed by atoms with Crippen molar-refractivity contribution >= 4 is 15.6 Å². The van der Waals surface area contributed by atoms with E-state index in [1.165, 1.54) is 0 Å². The molecule has 0 fully saturated rings. The van der Waals surface area contributed by atoms with E-state index in [-0.39, 0.29) is 4.19 Å². The molecule has 2 nitrogen and oxygen atoms in total. The zero-order valence-electron chi connectivity index (χ0n) is 9.49. The molecule has 0 spiro atoms. The molecular formula is C13H8F3N2Se. The van der Waals surface area contributed by atoms with Gasteiger partial charge in [0, 0.05) is 0 Å². The van der Waals surface area contributed by atoms with Gasteiger partial charge >= 0.3 is 114 Å². The van der Waals surface area contributed by atoms with Crippen LogP contribution in [0.2, 0.25) is 0 Å². The van der Waals surface area contributed by atoms with Crippen molar-refractivity contribution < 1.29 is 13.2 Å². The summed E-state index contributed by atoms with van der Waals surface area (Å²) < 4.78 is 39.0. The van der Waals surface area contributed by atoms with Gasteiger partial charge in [-0.3, -0.25) is 0 Å². The van der Waals surface area contributed by atoms with Crippen molar-refractivity contribution in [2.45, 2.75) is 6.18 Å². The quantitative estimate of drug-likeness (QED) is 0.803. The number of alkyl halides is 3. The van der Waals surface area contributed by atoms with E-state index in [9.17, 15) is 13.2 Å². The van der Waals surface area contributed by atoms with Crippen LogP contribution in [0.25, 0.3) is 11.3 Å². The van der Waals surface area contributed by atoms with E-state index < -0.39 is 17.3 Å². The van der Waals surface area contributed by atoms with Gasteiger partial charge in [0.05, 0.1) is 0 Å². The Balaban J connectivity index is 2.72. The molecule has 0 amide bonds. The number of hydrogen-bond acceptors (Lipinski definition) is 1. The van der Waals surface area contributed by atoms with E-state index >= 15 is 0 Å². The fourth-order valence-corrected chi connectivity index (χ4v) is 2.29. The molecule has 1 heterocycles. The van der Waals surface area contributed by atoms with Crippen LogP contribution >= 0.6 is 0 Å². The first-order valence-electron chi connectivity index (χ1n) is 5.25. The Morgan fingerprint density at radius 3 is 2.32 bits per heavy atom. The van der Waals surface area contributed by atoms with Gasteiger partial charge < -0.3 is 0 Å². The van der Waals surface area contributed by atoms with E-state index in [0.717, 1.165) is 6.07 Å². The molecule has 0 aliphatic rings. The second-order valence-corrected chi connectivity index (χ2v) is 4.73. The number of pyridine rings is 1. The predicted octanol–water partition coefficient (Wildman–Crippen LogP) is 3.00. The van der Waals surface area contributed by atoms with Gasteiger partial charge in [0.1, 0.15) is 0 Å². The molecule has 19 heavy (non-hydrogen) atoms. The average molecular weight is 328 g/mol. The Morgan fingerprint density at radius 2 is 1.79 bits per heavy atom. The number of nitrogens with one attached hydrogen (secondary N) is 1. The van der Waals surface area contributed by atoms with Crippen molar-refractivity contribution in [1.29, 1.82) is 5.26 Å². The molecule has 97 valence electrons. The summed E-state index contributed by atoms with van der Waals surface area (Å²) in [7, 11) is 0. The molecule has 2 rings (SSSR count). The van der Waals surface area contributed by atoms with Crippen LogP contribution in [0.15, 0.2) is 36.4 Å². The fourth-order valence-electron chi connectivity index (χ4n) is 1.68. The third-order valence-corrected chi connectivity index (χ3v) is 3.25. The SMILES string of the molecule is N#Cc1c(C(F)(F)F)cc(-c2ccccc2)[nH]c1=[SeH]. The van der Waals surface area contributed by atoms with Crippen LogP contribution < -0.4 is 0 Å². The van der Waals surface area contributed by atoms with E-state index in [1.54, 1.807) is 36.4 Å². The zero-order valence-corrected chi connectivity index (χ0v) is 11.4. The minimum absolute atomic E-state index is 0.142. The van der Waals surface area contributed by atoms with E-state index in [4.69, 9.17) is 5.26 Å². The predicted molar refractivity (Wildman–Crippen MR) is 66.3 cm³/mol. The third kappa shape index (κ3) is 2.78. The number of nitrogens with zero attached hydrogens (tertiary/aromatic N) is 1. The van der Waals surface area contributed by atoms with Crippen molar-refractivity contribution in [2.75, 3.05) is 0 Å². The van der Waals surface area contributed by atoms with Gasteiger partial charge in [-0.25, -0.2) is 0 Å². The first kappa shape index (κ1) is 13.6. The number of hydrogen-bond donors (Lipinski definition) is 1. The molecule has 1 radical (unpaired) electrons. The van der Waals surface area contributed by atoms with Gasteiger partial charge in [-0.15, -0.1) is 0 Å². The number of aromatic amines is 1. The molecule has 6 heteroatoms. The maximum atomic E-state index is 12.9. The topological polar surface area (TPSA) is 39.6 Å². The number of aromatic nitrogens is 1. The van der Waals surface area contributed by atoms with Crippen LogP contribution in [0.3, 0.4) is 0 Å². The van der Waals surface area contributed by atoms with E-state index in [0.29, 0.717) is 11.3 Å². The molecule has 0 aliphatic carbocycles. The maximum absolute atomic E-state index is 12.9. The van der Waals surface area contributed by atoms with Crippen molar-refractivity contribution in [3.05, 3.63) is 51.7 Å². The van der Waals surface area contributed by atoms with Gasteiger partial charge in [0.25, 0.3) is 0 Å². The second-order valence-electron chi connectivity index (χ2n) is 3.80. The standard InChI is InChI=1S/C13H8F3N2Se/c14-13(15,16)10-6-11(8-4-2-1-3-5-8)18-12(19)9(10)7-17/h1-6,18-19H. The summed E-state index contributed by atoms with van der Waals surface area (Å²) in [6.07, 6.45) is -4.56. The molecular weight excluding hydrogens is 320 g/mol. The number of H-pyrrole nitrogens is 1. The molecule has 1 aromatic carbocycles. The Bertz CT molecular complexity index is 697. The number of nitriles is 1. The summed E-state index contributed by atoms with van der Waals surface area (Å²) in [5.74, 6) is 0. The molecule has 0 saturated carbocycles. The Morgan fingerprint density at radius 1 is 1.16 bits per heavy atom. The van der Waals surface area contributed by atoms with E-state index in [2.05, 4.69) is 4.98 Å². The van der Waals surface area contributed by atoms with E-state index in [1.807, 2.05) is 15.6 Å². The van der Waals surface area contributed by atoms with Crippen molar-refractivity contribution in [3.8, 4) is 17.3 Å². The number of rotatable bonds is 1. The molecule has 1 N–H and O–H groups in total. The summed E-state index contributed by atoms with van der Waals surface area (Å²) in [5, 5.41) is 8.84. The average Bonchev–Trinajstić information content (AvgIpc) is 2.37. The van der Waals surface area contributed by atoms with Gasteiger partial charge in [-0.2, -0.15) is 0 Å². The number of halogens is 3. The summed E-state index contributed by atoms with van der Waals surface area (Å²) in [6.45, 7) is 0. The zero-order chi connectivity index (χ0) is 14.0.